The Morgan fingerprint density at radius 1 is 0.680 bits per heavy atom. The molecule has 0 radical (unpaired) electrons. The van der Waals surface area contributed by atoms with Gasteiger partial charge in [0.25, 0.3) is 0 Å². The van der Waals surface area contributed by atoms with E-state index in [2.05, 4.69) is 0 Å². The second-order valence-electron chi connectivity index (χ2n) is 5.50. The molecule has 2 aromatic carbocycles. The van der Waals surface area contributed by atoms with Gasteiger partial charge in [-0.25, -0.2) is 0 Å². The first-order valence-electron chi connectivity index (χ1n) is 7.23. The molecule has 0 aliphatic rings. The van der Waals surface area contributed by atoms with Crippen molar-refractivity contribution in [1.29, 1.82) is 0 Å². The molecule has 0 spiro atoms. The summed E-state index contributed by atoms with van der Waals surface area (Å²) in [5.41, 5.74) is 19.3. The van der Waals surface area contributed by atoms with E-state index >= 15 is 0 Å². The zero-order valence-electron chi connectivity index (χ0n) is 14.4. The second kappa shape index (κ2) is 13.4. The van der Waals surface area contributed by atoms with Crippen LogP contribution >= 0.6 is 0 Å². The zero-order valence-corrected chi connectivity index (χ0v) is 17.2. The molecule has 0 aliphatic heterocycles. The van der Waals surface area contributed by atoms with Gasteiger partial charge in [-0.3, -0.25) is 0 Å². The Morgan fingerprint density at radius 3 is 1.16 bits per heavy atom. The zero-order chi connectivity index (χ0) is 17.3. The van der Waals surface area contributed by atoms with Gasteiger partial charge in [-0.2, -0.15) is 0 Å². The molecular formula is C17H25ClN3NaO3. The van der Waals surface area contributed by atoms with Gasteiger partial charge in [0.05, 0.1) is 25.4 Å². The number of hydrogen-bond acceptors (Lipinski definition) is 6. The fourth-order valence-corrected chi connectivity index (χ4v) is 1.66. The van der Waals surface area contributed by atoms with Gasteiger partial charge < -0.3 is 44.9 Å². The molecule has 0 heterocycles. The predicted octanol–water partition coefficient (Wildman–Crippen LogP) is -5.89. The van der Waals surface area contributed by atoms with Crippen LogP contribution in [0.4, 0.5) is 11.4 Å². The molecule has 2 rings (SSSR count). The van der Waals surface area contributed by atoms with Gasteiger partial charge in [0, 0.05) is 11.4 Å². The predicted molar refractivity (Wildman–Crippen MR) is 92.7 cm³/mol. The number of aliphatic hydroxyl groups is 3. The molecule has 0 atom stereocenters. The number of nitrogen functional groups attached to an aromatic ring is 2. The Bertz CT molecular complexity index is 527. The van der Waals surface area contributed by atoms with E-state index in [1.54, 1.807) is 0 Å². The summed E-state index contributed by atoms with van der Waals surface area (Å²) in [4.78, 5) is 0. The van der Waals surface area contributed by atoms with Crippen molar-refractivity contribution in [3.05, 3.63) is 59.7 Å². The van der Waals surface area contributed by atoms with Crippen molar-refractivity contribution in [2.45, 2.75) is 12.0 Å². The van der Waals surface area contributed by atoms with E-state index in [9.17, 15) is 0 Å². The van der Waals surface area contributed by atoms with Crippen LogP contribution in [-0.2, 0) is 6.42 Å². The van der Waals surface area contributed by atoms with E-state index in [1.165, 1.54) is 11.1 Å². The number of rotatable bonds is 5. The topological polar surface area (TPSA) is 139 Å². The summed E-state index contributed by atoms with van der Waals surface area (Å²) < 4.78 is 0. The SMILES string of the molecule is NC(CO)(CO)CO.Nc1ccc(Cc2ccc(N)cc2)cc1.[Cl-].[Na+]. The van der Waals surface area contributed by atoms with Crippen molar-refractivity contribution in [3.63, 3.8) is 0 Å². The van der Waals surface area contributed by atoms with Crippen LogP contribution in [0.15, 0.2) is 48.5 Å². The summed E-state index contributed by atoms with van der Waals surface area (Å²) in [5.74, 6) is 0. The van der Waals surface area contributed by atoms with Crippen LogP contribution in [-0.4, -0.2) is 40.7 Å². The maximum Gasteiger partial charge on any atom is 1.00 e. The summed E-state index contributed by atoms with van der Waals surface area (Å²) in [6.45, 7) is -1.21. The van der Waals surface area contributed by atoms with Gasteiger partial charge in [0.2, 0.25) is 0 Å². The first-order chi connectivity index (χ1) is 10.9. The maximum atomic E-state index is 8.34. The monoisotopic (exact) mass is 377 g/mol. The first-order valence-corrected chi connectivity index (χ1v) is 7.23. The average Bonchev–Trinajstić information content (AvgIpc) is 2.59. The summed E-state index contributed by atoms with van der Waals surface area (Å²) >= 11 is 0. The normalized spacial score (nSPS) is 9.92. The second-order valence-corrected chi connectivity index (χ2v) is 5.50. The van der Waals surface area contributed by atoms with Crippen molar-refractivity contribution < 1.29 is 57.3 Å². The summed E-state index contributed by atoms with van der Waals surface area (Å²) in [7, 11) is 0. The van der Waals surface area contributed by atoms with Crippen molar-refractivity contribution in [3.8, 4) is 0 Å². The third-order valence-corrected chi connectivity index (χ3v) is 3.31. The van der Waals surface area contributed by atoms with E-state index in [-0.39, 0.29) is 42.0 Å². The summed E-state index contributed by atoms with van der Waals surface area (Å²) in [6.07, 6.45) is 0.917. The van der Waals surface area contributed by atoms with Crippen LogP contribution in [0, 0.1) is 0 Å². The Morgan fingerprint density at radius 2 is 0.960 bits per heavy atom. The van der Waals surface area contributed by atoms with Crippen LogP contribution in [0.2, 0.25) is 0 Å². The number of nitrogens with two attached hydrogens (primary N) is 3. The Kier molecular flexibility index (Phi) is 14.1. The molecule has 0 aromatic heterocycles. The Balaban J connectivity index is 0. The van der Waals surface area contributed by atoms with Gasteiger partial charge in [-0.1, -0.05) is 24.3 Å². The largest absolute Gasteiger partial charge is 1.00 e. The van der Waals surface area contributed by atoms with Gasteiger partial charge in [-0.05, 0) is 41.8 Å². The van der Waals surface area contributed by atoms with Crippen LogP contribution < -0.4 is 59.2 Å². The van der Waals surface area contributed by atoms with Crippen LogP contribution in [0.25, 0.3) is 0 Å². The Hall–Kier alpha value is -0.830. The molecule has 0 saturated carbocycles. The van der Waals surface area contributed by atoms with Crippen LogP contribution in [0.5, 0.6) is 0 Å². The van der Waals surface area contributed by atoms with Crippen molar-refractivity contribution >= 4 is 11.4 Å². The van der Waals surface area contributed by atoms with Gasteiger partial charge in [0.1, 0.15) is 0 Å². The number of anilines is 2. The van der Waals surface area contributed by atoms with Gasteiger partial charge in [-0.15, -0.1) is 0 Å². The Labute approximate surface area is 176 Å². The van der Waals surface area contributed by atoms with Crippen LogP contribution in [0.1, 0.15) is 11.1 Å². The summed E-state index contributed by atoms with van der Waals surface area (Å²) in [5, 5.41) is 25.0. The third kappa shape index (κ3) is 10.0. The molecule has 0 saturated heterocycles. The fourth-order valence-electron chi connectivity index (χ4n) is 1.66. The number of aliphatic hydroxyl groups excluding tert-OH is 3. The van der Waals surface area contributed by atoms with Gasteiger partial charge in [0.15, 0.2) is 0 Å². The molecule has 134 valence electrons. The van der Waals surface area contributed by atoms with E-state index in [1.807, 2.05) is 48.5 Å². The van der Waals surface area contributed by atoms with E-state index in [0.717, 1.165) is 17.8 Å². The number of hydrogen-bond donors (Lipinski definition) is 6. The molecule has 9 N–H and O–H groups in total. The van der Waals surface area contributed by atoms with Crippen molar-refractivity contribution in [1.82, 2.24) is 0 Å². The van der Waals surface area contributed by atoms with Gasteiger partial charge >= 0.3 is 29.6 Å². The minimum absolute atomic E-state index is 0. The quantitative estimate of drug-likeness (QED) is 0.227. The molecular weight excluding hydrogens is 353 g/mol. The number of benzene rings is 2. The molecule has 2 aromatic rings. The molecule has 0 unspecified atom stereocenters. The summed E-state index contributed by atoms with van der Waals surface area (Å²) in [6, 6.07) is 15.9. The van der Waals surface area contributed by atoms with E-state index in [4.69, 9.17) is 32.5 Å². The standard InChI is InChI=1S/C13H14N2.C4H11NO3.ClH.Na/c14-12-5-1-10(2-6-12)9-11-3-7-13(15)8-4-11;5-4(1-6,2-7)3-8;;/h1-8H,9,14-15H2;6-8H,1-3,5H2;1H;/q;;;+1/p-1. The molecule has 0 fully saturated rings. The third-order valence-electron chi connectivity index (χ3n) is 3.31. The van der Waals surface area contributed by atoms with E-state index in [0.29, 0.717) is 0 Å². The minimum Gasteiger partial charge on any atom is -1.00 e. The molecule has 25 heavy (non-hydrogen) atoms. The van der Waals surface area contributed by atoms with E-state index < -0.39 is 25.4 Å². The molecule has 0 bridgehead atoms. The van der Waals surface area contributed by atoms with Crippen LogP contribution in [0.3, 0.4) is 0 Å². The number of halogens is 1. The molecule has 6 nitrogen and oxygen atoms in total. The molecule has 0 amide bonds. The first kappa shape index (κ1) is 26.4. The average molecular weight is 378 g/mol. The molecule has 8 heteroatoms. The fraction of sp³-hybridized carbons (Fsp3) is 0.294. The van der Waals surface area contributed by atoms with Crippen molar-refractivity contribution in [2.75, 3.05) is 31.3 Å². The van der Waals surface area contributed by atoms with Crippen molar-refractivity contribution in [2.24, 2.45) is 5.73 Å². The maximum absolute atomic E-state index is 8.34. The minimum atomic E-state index is -1.21. The molecule has 0 aliphatic carbocycles. The smallest absolute Gasteiger partial charge is 1.00 e.